The molecular weight excluding hydrogens is 310 g/mol. The Morgan fingerprint density at radius 1 is 1.63 bits per heavy atom. The lowest BCUT2D eigenvalue weighted by molar-refractivity contribution is -0.124. The first-order valence-electron chi connectivity index (χ1n) is 6.61. The summed E-state index contributed by atoms with van der Waals surface area (Å²) in [5.74, 6) is -0.0198. The highest BCUT2D eigenvalue weighted by molar-refractivity contribution is 9.10. The van der Waals surface area contributed by atoms with Crippen LogP contribution in [-0.2, 0) is 9.53 Å². The maximum absolute atomic E-state index is 12.1. The fraction of sp³-hybridized carbons (Fsp3) is 0.692. The van der Waals surface area contributed by atoms with E-state index in [0.717, 1.165) is 35.3 Å². The Bertz CT molecular complexity index is 467. The molecule has 1 aromatic rings. The van der Waals surface area contributed by atoms with Crippen LogP contribution >= 0.6 is 15.9 Å². The van der Waals surface area contributed by atoms with E-state index in [1.165, 1.54) is 0 Å². The van der Waals surface area contributed by atoms with Crippen LogP contribution in [0.2, 0.25) is 0 Å². The topological polar surface area (TPSA) is 56.2 Å². The molecule has 5 nitrogen and oxygen atoms in total. The molecule has 19 heavy (non-hydrogen) atoms. The highest BCUT2D eigenvalue weighted by atomic mass is 79.9. The summed E-state index contributed by atoms with van der Waals surface area (Å²) in [5, 5.41) is 7.33. The summed E-state index contributed by atoms with van der Waals surface area (Å²) in [6.45, 7) is 7.12. The zero-order valence-electron chi connectivity index (χ0n) is 11.6. The second-order valence-corrected chi connectivity index (χ2v) is 5.78. The quantitative estimate of drug-likeness (QED) is 0.920. The van der Waals surface area contributed by atoms with Crippen molar-refractivity contribution in [2.24, 2.45) is 0 Å². The fourth-order valence-corrected chi connectivity index (χ4v) is 2.56. The lowest BCUT2D eigenvalue weighted by atomic mass is 10.2. The van der Waals surface area contributed by atoms with Crippen LogP contribution in [0.5, 0.6) is 0 Å². The largest absolute Gasteiger partial charge is 0.376 e. The minimum atomic E-state index is -0.314. The molecule has 2 unspecified atom stereocenters. The molecule has 1 aromatic heterocycles. The molecule has 2 atom stereocenters. The van der Waals surface area contributed by atoms with Gasteiger partial charge in [0.15, 0.2) is 0 Å². The first kappa shape index (κ1) is 14.5. The molecule has 1 aliphatic rings. The molecule has 1 fully saturated rings. The van der Waals surface area contributed by atoms with Gasteiger partial charge < -0.3 is 10.1 Å². The summed E-state index contributed by atoms with van der Waals surface area (Å²) in [7, 11) is 0. The summed E-state index contributed by atoms with van der Waals surface area (Å²) < 4.78 is 8.21. The number of rotatable bonds is 4. The third-order valence-corrected chi connectivity index (χ3v) is 4.66. The predicted molar refractivity (Wildman–Crippen MR) is 76.1 cm³/mol. The average Bonchev–Trinajstić information content (AvgIpc) is 2.99. The van der Waals surface area contributed by atoms with Gasteiger partial charge in [-0.25, -0.2) is 0 Å². The van der Waals surface area contributed by atoms with Crippen LogP contribution in [0, 0.1) is 13.8 Å². The second kappa shape index (κ2) is 6.05. The Hall–Kier alpha value is -0.880. The van der Waals surface area contributed by atoms with Crippen LogP contribution in [0.15, 0.2) is 4.47 Å². The zero-order chi connectivity index (χ0) is 14.0. The van der Waals surface area contributed by atoms with E-state index in [2.05, 4.69) is 26.3 Å². The van der Waals surface area contributed by atoms with Gasteiger partial charge in [0, 0.05) is 13.2 Å². The van der Waals surface area contributed by atoms with Gasteiger partial charge in [-0.3, -0.25) is 9.48 Å². The standard InChI is InChI=1S/C13H20BrN3O2/c1-8-12(14)9(2)17(16-8)10(3)13(18)15-7-11-5-4-6-19-11/h10-11H,4-7H2,1-3H3,(H,15,18). The number of aromatic nitrogens is 2. The summed E-state index contributed by atoms with van der Waals surface area (Å²) in [6, 6.07) is -0.314. The van der Waals surface area contributed by atoms with Gasteiger partial charge in [0.1, 0.15) is 6.04 Å². The molecule has 1 amide bonds. The van der Waals surface area contributed by atoms with Crippen molar-refractivity contribution in [3.63, 3.8) is 0 Å². The monoisotopic (exact) mass is 329 g/mol. The van der Waals surface area contributed by atoms with Crippen molar-refractivity contribution < 1.29 is 9.53 Å². The van der Waals surface area contributed by atoms with Gasteiger partial charge >= 0.3 is 0 Å². The summed E-state index contributed by atoms with van der Waals surface area (Å²) in [5.41, 5.74) is 1.87. The van der Waals surface area contributed by atoms with Gasteiger partial charge in [-0.2, -0.15) is 5.10 Å². The minimum Gasteiger partial charge on any atom is -0.376 e. The molecule has 106 valence electrons. The Labute approximate surface area is 121 Å². The van der Waals surface area contributed by atoms with Crippen LogP contribution in [0.3, 0.4) is 0 Å². The molecule has 0 aliphatic carbocycles. The van der Waals surface area contributed by atoms with E-state index < -0.39 is 0 Å². The second-order valence-electron chi connectivity index (χ2n) is 4.99. The molecule has 0 aromatic carbocycles. The molecular formula is C13H20BrN3O2. The molecule has 6 heteroatoms. The molecule has 1 aliphatic heterocycles. The van der Waals surface area contributed by atoms with Crippen molar-refractivity contribution in [3.05, 3.63) is 15.9 Å². The Morgan fingerprint density at radius 3 is 2.89 bits per heavy atom. The van der Waals surface area contributed by atoms with Crippen LogP contribution in [0.4, 0.5) is 0 Å². The molecule has 0 bridgehead atoms. The number of carbonyl (C=O) groups excluding carboxylic acids is 1. The number of halogens is 1. The third kappa shape index (κ3) is 3.17. The van der Waals surface area contributed by atoms with Crippen molar-refractivity contribution >= 4 is 21.8 Å². The fourth-order valence-electron chi connectivity index (χ4n) is 2.30. The van der Waals surface area contributed by atoms with Crippen LogP contribution in [0.25, 0.3) is 0 Å². The van der Waals surface area contributed by atoms with E-state index in [9.17, 15) is 4.79 Å². The Balaban J connectivity index is 1.96. The lowest BCUT2D eigenvalue weighted by Crippen LogP contribution is -2.36. The maximum atomic E-state index is 12.1. The van der Waals surface area contributed by atoms with Crippen LogP contribution < -0.4 is 5.32 Å². The predicted octanol–water partition coefficient (Wildman–Crippen LogP) is 2.12. The molecule has 1 saturated heterocycles. The number of nitrogens with zero attached hydrogens (tertiary/aromatic N) is 2. The lowest BCUT2D eigenvalue weighted by Gasteiger charge is -2.16. The number of carbonyl (C=O) groups is 1. The maximum Gasteiger partial charge on any atom is 0.244 e. The van der Waals surface area contributed by atoms with E-state index in [1.54, 1.807) is 4.68 Å². The molecule has 2 heterocycles. The SMILES string of the molecule is Cc1nn(C(C)C(=O)NCC2CCCO2)c(C)c1Br. The number of hydrogen-bond donors (Lipinski definition) is 1. The van der Waals surface area contributed by atoms with E-state index in [-0.39, 0.29) is 18.1 Å². The smallest absolute Gasteiger partial charge is 0.244 e. The molecule has 2 rings (SSSR count). The average molecular weight is 330 g/mol. The minimum absolute atomic E-state index is 0.0198. The van der Waals surface area contributed by atoms with Crippen LogP contribution in [-0.4, -0.2) is 34.9 Å². The molecule has 0 radical (unpaired) electrons. The first-order chi connectivity index (χ1) is 9.00. The number of nitrogens with one attached hydrogen (secondary N) is 1. The Kier molecular flexibility index (Phi) is 4.62. The number of amides is 1. The van der Waals surface area contributed by atoms with Gasteiger partial charge in [0.05, 0.1) is 22.0 Å². The van der Waals surface area contributed by atoms with E-state index in [1.807, 2.05) is 20.8 Å². The highest BCUT2D eigenvalue weighted by Crippen LogP contribution is 2.22. The highest BCUT2D eigenvalue weighted by Gasteiger charge is 2.22. The van der Waals surface area contributed by atoms with Gasteiger partial charge in [-0.15, -0.1) is 0 Å². The first-order valence-corrected chi connectivity index (χ1v) is 7.40. The van der Waals surface area contributed by atoms with Gasteiger partial charge in [0.25, 0.3) is 0 Å². The summed E-state index contributed by atoms with van der Waals surface area (Å²) >= 11 is 3.48. The normalized spacial score (nSPS) is 20.5. The molecule has 1 N–H and O–H groups in total. The van der Waals surface area contributed by atoms with Crippen molar-refractivity contribution in [2.75, 3.05) is 13.2 Å². The van der Waals surface area contributed by atoms with Crippen molar-refractivity contribution in [3.8, 4) is 0 Å². The number of ether oxygens (including phenoxy) is 1. The number of aryl methyl sites for hydroxylation is 1. The summed E-state index contributed by atoms with van der Waals surface area (Å²) in [4.78, 5) is 12.1. The van der Waals surface area contributed by atoms with Crippen molar-refractivity contribution in [2.45, 2.75) is 45.8 Å². The van der Waals surface area contributed by atoms with E-state index >= 15 is 0 Å². The van der Waals surface area contributed by atoms with Gasteiger partial charge in [-0.1, -0.05) is 0 Å². The third-order valence-electron chi connectivity index (χ3n) is 3.51. The molecule has 0 spiro atoms. The van der Waals surface area contributed by atoms with Crippen LogP contribution in [0.1, 0.15) is 37.2 Å². The van der Waals surface area contributed by atoms with Crippen molar-refractivity contribution in [1.82, 2.24) is 15.1 Å². The molecule has 0 saturated carbocycles. The number of hydrogen-bond acceptors (Lipinski definition) is 3. The van der Waals surface area contributed by atoms with E-state index in [4.69, 9.17) is 4.74 Å². The van der Waals surface area contributed by atoms with Gasteiger partial charge in [-0.05, 0) is 49.5 Å². The zero-order valence-corrected chi connectivity index (χ0v) is 13.2. The van der Waals surface area contributed by atoms with Gasteiger partial charge in [0.2, 0.25) is 5.91 Å². The van der Waals surface area contributed by atoms with E-state index in [0.29, 0.717) is 6.54 Å². The Morgan fingerprint density at radius 2 is 2.37 bits per heavy atom. The summed E-state index contributed by atoms with van der Waals surface area (Å²) in [6.07, 6.45) is 2.28. The van der Waals surface area contributed by atoms with Crippen molar-refractivity contribution in [1.29, 1.82) is 0 Å².